The molecule has 0 atom stereocenters. The summed E-state index contributed by atoms with van der Waals surface area (Å²) in [5.74, 6) is -2.51. The highest BCUT2D eigenvalue weighted by Crippen LogP contribution is 2.14. The number of carboxylic acids is 2. The second-order valence-electron chi connectivity index (χ2n) is 5.10. The number of carbonyl (C=O) groups is 2. The molecule has 0 fully saturated rings. The average molecular weight is 328 g/mol. The van der Waals surface area contributed by atoms with Crippen LogP contribution in [0.4, 0.5) is 5.69 Å². The molecule has 1 heterocycles. The summed E-state index contributed by atoms with van der Waals surface area (Å²) < 4.78 is 0. The van der Waals surface area contributed by atoms with Gasteiger partial charge in [-0.15, -0.1) is 0 Å². The molecule has 6 nitrogen and oxygen atoms in total. The van der Waals surface area contributed by atoms with E-state index in [1.54, 1.807) is 0 Å². The first kappa shape index (κ1) is 18.9. The lowest BCUT2D eigenvalue weighted by Crippen LogP contribution is -2.08. The summed E-state index contributed by atoms with van der Waals surface area (Å²) in [5.41, 5.74) is 3.86. The zero-order valence-corrected chi connectivity index (χ0v) is 13.6. The molecule has 2 rings (SSSR count). The third-order valence-electron chi connectivity index (χ3n) is 2.98. The average Bonchev–Trinajstić information content (AvgIpc) is 2.55. The molecule has 24 heavy (non-hydrogen) atoms. The van der Waals surface area contributed by atoms with Gasteiger partial charge in [0.25, 0.3) is 0 Å². The minimum Gasteiger partial charge on any atom is -0.478 e. The van der Waals surface area contributed by atoms with Gasteiger partial charge in [-0.2, -0.15) is 0 Å². The molecular weight excluding hydrogens is 308 g/mol. The Bertz CT molecular complexity index is 664. The van der Waals surface area contributed by atoms with Crippen LogP contribution in [0.25, 0.3) is 0 Å². The molecular formula is C18H20N2O4. The topological polar surface area (TPSA) is 90.7 Å². The maximum atomic E-state index is 9.55. The summed E-state index contributed by atoms with van der Waals surface area (Å²) >= 11 is 0. The van der Waals surface area contributed by atoms with Gasteiger partial charge in [0, 0.05) is 44.3 Å². The van der Waals surface area contributed by atoms with E-state index in [1.165, 1.54) is 16.8 Å². The van der Waals surface area contributed by atoms with E-state index in [9.17, 15) is 9.59 Å². The van der Waals surface area contributed by atoms with E-state index in [0.29, 0.717) is 12.2 Å². The van der Waals surface area contributed by atoms with E-state index in [2.05, 4.69) is 60.4 Å². The Kier molecular flexibility index (Phi) is 7.70. The van der Waals surface area contributed by atoms with E-state index < -0.39 is 11.9 Å². The van der Waals surface area contributed by atoms with Crippen LogP contribution in [0.15, 0.2) is 60.9 Å². The maximum Gasteiger partial charge on any atom is 0.328 e. The van der Waals surface area contributed by atoms with Crippen molar-refractivity contribution >= 4 is 17.6 Å². The van der Waals surface area contributed by atoms with Crippen molar-refractivity contribution in [1.82, 2.24) is 4.98 Å². The molecule has 2 N–H and O–H groups in total. The van der Waals surface area contributed by atoms with Gasteiger partial charge in [0.2, 0.25) is 0 Å². The van der Waals surface area contributed by atoms with Crippen LogP contribution in [0.5, 0.6) is 0 Å². The first-order valence-corrected chi connectivity index (χ1v) is 7.17. The van der Waals surface area contributed by atoms with Crippen LogP contribution in [-0.2, 0) is 16.0 Å². The molecule has 0 aliphatic heterocycles. The van der Waals surface area contributed by atoms with Crippen LogP contribution in [0.2, 0.25) is 0 Å². The van der Waals surface area contributed by atoms with Crippen molar-refractivity contribution < 1.29 is 19.8 Å². The Morgan fingerprint density at radius 2 is 1.38 bits per heavy atom. The highest BCUT2D eigenvalue weighted by atomic mass is 16.4. The monoisotopic (exact) mass is 328 g/mol. The number of rotatable bonds is 5. The molecule has 0 saturated heterocycles. The fraction of sp³-hybridized carbons (Fsp3) is 0.167. The Morgan fingerprint density at radius 3 is 1.79 bits per heavy atom. The van der Waals surface area contributed by atoms with Crippen molar-refractivity contribution in [1.29, 1.82) is 0 Å². The molecule has 6 heteroatoms. The molecule has 0 bridgehead atoms. The summed E-state index contributed by atoms with van der Waals surface area (Å²) in [5, 5.41) is 15.6. The van der Waals surface area contributed by atoms with Gasteiger partial charge in [0.1, 0.15) is 0 Å². The van der Waals surface area contributed by atoms with Gasteiger partial charge in [-0.1, -0.05) is 12.1 Å². The highest BCUT2D eigenvalue weighted by Gasteiger charge is 1.97. The van der Waals surface area contributed by atoms with Gasteiger partial charge in [-0.25, -0.2) is 9.59 Å². The summed E-state index contributed by atoms with van der Waals surface area (Å²) in [6.45, 7) is 0. The molecule has 0 aliphatic carbocycles. The highest BCUT2D eigenvalue weighted by molar-refractivity contribution is 5.89. The lowest BCUT2D eigenvalue weighted by Gasteiger charge is -2.12. The number of pyridine rings is 1. The number of carboxylic acid groups (broad SMARTS) is 2. The fourth-order valence-electron chi connectivity index (χ4n) is 1.79. The number of hydrogen-bond acceptors (Lipinski definition) is 4. The quantitative estimate of drug-likeness (QED) is 0.819. The van der Waals surface area contributed by atoms with Gasteiger partial charge in [-0.3, -0.25) is 4.98 Å². The lowest BCUT2D eigenvalue weighted by molar-refractivity contribution is -0.134. The van der Waals surface area contributed by atoms with Crippen LogP contribution in [0, 0.1) is 0 Å². The molecule has 0 radical (unpaired) electrons. The Morgan fingerprint density at radius 1 is 0.917 bits per heavy atom. The van der Waals surface area contributed by atoms with E-state index in [0.717, 1.165) is 6.42 Å². The van der Waals surface area contributed by atoms with Crippen molar-refractivity contribution in [2.75, 3.05) is 19.0 Å². The smallest absolute Gasteiger partial charge is 0.328 e. The Balaban J connectivity index is 0.000000307. The molecule has 0 saturated carbocycles. The van der Waals surface area contributed by atoms with Crippen LogP contribution in [0.1, 0.15) is 11.1 Å². The molecule has 1 aromatic heterocycles. The largest absolute Gasteiger partial charge is 0.478 e. The van der Waals surface area contributed by atoms with Gasteiger partial charge in [-0.05, 0) is 41.8 Å². The van der Waals surface area contributed by atoms with Crippen LogP contribution >= 0.6 is 0 Å². The number of benzene rings is 1. The number of hydrogen-bond donors (Lipinski definition) is 2. The standard InChI is InChI=1S/C14H16N2.C4H4O4/c1-16(2)14-5-3-12(4-6-14)11-13-7-9-15-10-8-13;5-3(6)1-2-4(7)8/h3-10H,11H2,1-2H3;1-2H,(H,5,6)(H,7,8). The van der Waals surface area contributed by atoms with E-state index in [-0.39, 0.29) is 0 Å². The lowest BCUT2D eigenvalue weighted by atomic mass is 10.1. The molecule has 0 spiro atoms. The Hall–Kier alpha value is -3.15. The molecule has 2 aromatic rings. The number of aromatic nitrogens is 1. The van der Waals surface area contributed by atoms with Crippen molar-refractivity contribution in [3.63, 3.8) is 0 Å². The molecule has 126 valence electrons. The second-order valence-corrected chi connectivity index (χ2v) is 5.10. The van der Waals surface area contributed by atoms with Crippen LogP contribution in [-0.4, -0.2) is 41.2 Å². The molecule has 1 aromatic carbocycles. The van der Waals surface area contributed by atoms with Gasteiger partial charge >= 0.3 is 11.9 Å². The Labute approximate surface area is 140 Å². The SMILES string of the molecule is CN(C)c1ccc(Cc2ccncc2)cc1.O=C(O)C=CC(=O)O. The zero-order chi connectivity index (χ0) is 17.9. The third-order valence-corrected chi connectivity index (χ3v) is 2.98. The second kappa shape index (κ2) is 9.78. The predicted octanol–water partition coefficient (Wildman–Crippen LogP) is 2.45. The van der Waals surface area contributed by atoms with Gasteiger partial charge < -0.3 is 15.1 Å². The first-order valence-electron chi connectivity index (χ1n) is 7.17. The van der Waals surface area contributed by atoms with Crippen molar-refractivity contribution in [3.05, 3.63) is 72.1 Å². The minimum absolute atomic E-state index is 0.558. The van der Waals surface area contributed by atoms with Gasteiger partial charge in [0.05, 0.1) is 0 Å². The summed E-state index contributed by atoms with van der Waals surface area (Å²) in [6.07, 6.45) is 5.76. The van der Waals surface area contributed by atoms with E-state index >= 15 is 0 Å². The summed E-state index contributed by atoms with van der Waals surface area (Å²) in [7, 11) is 4.11. The molecule has 0 unspecified atom stereocenters. The number of aliphatic carboxylic acids is 2. The third kappa shape index (κ3) is 7.74. The van der Waals surface area contributed by atoms with Crippen LogP contribution in [0.3, 0.4) is 0 Å². The maximum absolute atomic E-state index is 9.55. The minimum atomic E-state index is -1.26. The van der Waals surface area contributed by atoms with Crippen molar-refractivity contribution in [2.45, 2.75) is 6.42 Å². The first-order chi connectivity index (χ1) is 11.4. The van der Waals surface area contributed by atoms with E-state index in [4.69, 9.17) is 10.2 Å². The predicted molar refractivity (Wildman–Crippen MR) is 92.2 cm³/mol. The molecule has 0 amide bonds. The fourth-order valence-corrected chi connectivity index (χ4v) is 1.79. The number of anilines is 1. The molecule has 0 aliphatic rings. The number of nitrogens with zero attached hydrogens (tertiary/aromatic N) is 2. The van der Waals surface area contributed by atoms with E-state index in [1.807, 2.05) is 12.4 Å². The summed E-state index contributed by atoms with van der Waals surface area (Å²) in [4.78, 5) is 25.2. The van der Waals surface area contributed by atoms with Crippen molar-refractivity contribution in [2.24, 2.45) is 0 Å². The normalized spacial score (nSPS) is 9.92. The summed E-state index contributed by atoms with van der Waals surface area (Å²) in [6, 6.07) is 12.8. The van der Waals surface area contributed by atoms with Crippen molar-refractivity contribution in [3.8, 4) is 0 Å². The van der Waals surface area contributed by atoms with Gasteiger partial charge in [0.15, 0.2) is 0 Å². The van der Waals surface area contributed by atoms with Crippen LogP contribution < -0.4 is 4.90 Å². The zero-order valence-electron chi connectivity index (χ0n) is 13.6.